The number of hydrogen-bond donors (Lipinski definition) is 1. The lowest BCUT2D eigenvalue weighted by Gasteiger charge is -2.31. The third kappa shape index (κ3) is 2.50. The van der Waals surface area contributed by atoms with Crippen LogP contribution < -0.4 is 5.32 Å². The summed E-state index contributed by atoms with van der Waals surface area (Å²) in [6.07, 6.45) is 1.87. The van der Waals surface area contributed by atoms with Crippen molar-refractivity contribution in [3.05, 3.63) is 15.5 Å². The molecule has 1 aliphatic rings. The molecule has 1 N–H and O–H groups in total. The molecule has 2 amide bonds. The zero-order valence-electron chi connectivity index (χ0n) is 9.57. The number of carbonyl (C=O) groups is 2. The second kappa shape index (κ2) is 4.74. The van der Waals surface area contributed by atoms with Gasteiger partial charge in [0.2, 0.25) is 11.8 Å². The van der Waals surface area contributed by atoms with Crippen molar-refractivity contribution in [3.63, 3.8) is 0 Å². The van der Waals surface area contributed by atoms with Crippen LogP contribution in [0.2, 0.25) is 4.34 Å². The second-order valence-electron chi connectivity index (χ2n) is 4.50. The number of amides is 2. The molecule has 2 atom stereocenters. The van der Waals surface area contributed by atoms with Gasteiger partial charge in [0.1, 0.15) is 4.34 Å². The van der Waals surface area contributed by atoms with Gasteiger partial charge in [0.25, 0.3) is 0 Å². The van der Waals surface area contributed by atoms with Gasteiger partial charge in [0.05, 0.1) is 17.1 Å². The van der Waals surface area contributed by atoms with Crippen molar-refractivity contribution in [1.82, 2.24) is 10.3 Å². The van der Waals surface area contributed by atoms with Crippen LogP contribution in [0.25, 0.3) is 0 Å². The van der Waals surface area contributed by atoms with E-state index >= 15 is 0 Å². The Morgan fingerprint density at radius 1 is 1.53 bits per heavy atom. The average Bonchev–Trinajstić information content (AvgIpc) is 2.62. The van der Waals surface area contributed by atoms with Crippen molar-refractivity contribution in [2.24, 2.45) is 11.8 Å². The monoisotopic (exact) mass is 272 g/mol. The van der Waals surface area contributed by atoms with Crippen LogP contribution in [0.1, 0.15) is 31.2 Å². The Bertz CT molecular complexity index is 458. The Hall–Kier alpha value is -0.940. The molecule has 1 aromatic rings. The molecule has 1 fully saturated rings. The number of rotatable bonds is 2. The molecule has 4 nitrogen and oxygen atoms in total. The number of halogens is 1. The minimum Gasteiger partial charge on any atom is -0.296 e. The SMILES string of the molecule is CC(C)C1C(=O)NC(=O)CC1c1ncc(Cl)s1. The van der Waals surface area contributed by atoms with E-state index in [4.69, 9.17) is 11.6 Å². The van der Waals surface area contributed by atoms with Crippen molar-refractivity contribution in [2.45, 2.75) is 26.2 Å². The fourth-order valence-corrected chi connectivity index (χ4v) is 3.31. The fraction of sp³-hybridized carbons (Fsp3) is 0.545. The summed E-state index contributed by atoms with van der Waals surface area (Å²) >= 11 is 7.19. The number of aromatic nitrogens is 1. The zero-order valence-corrected chi connectivity index (χ0v) is 11.1. The third-order valence-corrected chi connectivity index (χ3v) is 4.18. The maximum atomic E-state index is 11.8. The molecule has 1 saturated heterocycles. The van der Waals surface area contributed by atoms with E-state index in [-0.39, 0.29) is 29.6 Å². The van der Waals surface area contributed by atoms with Crippen LogP contribution in [-0.2, 0) is 9.59 Å². The van der Waals surface area contributed by atoms with E-state index < -0.39 is 0 Å². The Morgan fingerprint density at radius 2 is 2.24 bits per heavy atom. The van der Waals surface area contributed by atoms with E-state index in [1.165, 1.54) is 11.3 Å². The molecule has 0 spiro atoms. The molecule has 0 aliphatic carbocycles. The lowest BCUT2D eigenvalue weighted by molar-refractivity contribution is -0.138. The predicted molar refractivity (Wildman–Crippen MR) is 66.0 cm³/mol. The molecule has 0 bridgehead atoms. The first-order chi connectivity index (χ1) is 7.99. The lowest BCUT2D eigenvalue weighted by Crippen LogP contribution is -2.46. The average molecular weight is 273 g/mol. The number of nitrogens with zero attached hydrogens (tertiary/aromatic N) is 1. The van der Waals surface area contributed by atoms with Crippen LogP contribution in [0.3, 0.4) is 0 Å². The Morgan fingerprint density at radius 3 is 2.76 bits per heavy atom. The first-order valence-corrected chi connectivity index (χ1v) is 6.63. The van der Waals surface area contributed by atoms with Crippen molar-refractivity contribution in [2.75, 3.05) is 0 Å². The van der Waals surface area contributed by atoms with Crippen LogP contribution in [-0.4, -0.2) is 16.8 Å². The second-order valence-corrected chi connectivity index (χ2v) is 6.19. The van der Waals surface area contributed by atoms with Crippen LogP contribution in [0.5, 0.6) is 0 Å². The largest absolute Gasteiger partial charge is 0.296 e. The molecule has 0 aromatic carbocycles. The van der Waals surface area contributed by atoms with E-state index in [0.29, 0.717) is 10.8 Å². The van der Waals surface area contributed by atoms with Gasteiger partial charge in [-0.3, -0.25) is 14.9 Å². The summed E-state index contributed by atoms with van der Waals surface area (Å²) in [5, 5.41) is 3.16. The van der Waals surface area contributed by atoms with Gasteiger partial charge in [0, 0.05) is 12.3 Å². The zero-order chi connectivity index (χ0) is 12.6. The summed E-state index contributed by atoms with van der Waals surface area (Å²) in [6, 6.07) is 0. The van der Waals surface area contributed by atoms with Gasteiger partial charge < -0.3 is 0 Å². The molecule has 2 unspecified atom stereocenters. The molecule has 2 heterocycles. The van der Waals surface area contributed by atoms with Crippen molar-refractivity contribution >= 4 is 34.8 Å². The van der Waals surface area contributed by atoms with Crippen LogP contribution in [0.15, 0.2) is 6.20 Å². The molecule has 1 aliphatic heterocycles. The number of hydrogen-bond acceptors (Lipinski definition) is 4. The number of imide groups is 1. The molecule has 6 heteroatoms. The van der Waals surface area contributed by atoms with Crippen LogP contribution in [0.4, 0.5) is 0 Å². The first-order valence-electron chi connectivity index (χ1n) is 5.44. The number of thiazole rings is 1. The Kier molecular flexibility index (Phi) is 3.49. The van der Waals surface area contributed by atoms with Crippen molar-refractivity contribution in [3.8, 4) is 0 Å². The summed E-state index contributed by atoms with van der Waals surface area (Å²) in [4.78, 5) is 27.5. The Balaban J connectivity index is 2.33. The molecular weight excluding hydrogens is 260 g/mol. The molecule has 2 rings (SSSR count). The number of piperidine rings is 1. The maximum absolute atomic E-state index is 11.8. The van der Waals surface area contributed by atoms with E-state index in [2.05, 4.69) is 10.3 Å². The van der Waals surface area contributed by atoms with Crippen LogP contribution >= 0.6 is 22.9 Å². The minimum atomic E-state index is -0.233. The number of nitrogens with one attached hydrogen (secondary N) is 1. The van der Waals surface area contributed by atoms with Gasteiger partial charge in [0.15, 0.2) is 0 Å². The first kappa shape index (κ1) is 12.5. The van der Waals surface area contributed by atoms with E-state index in [1.54, 1.807) is 6.20 Å². The van der Waals surface area contributed by atoms with Gasteiger partial charge in [-0.1, -0.05) is 25.4 Å². The molecule has 0 radical (unpaired) electrons. The third-order valence-electron chi connectivity index (χ3n) is 2.93. The summed E-state index contributed by atoms with van der Waals surface area (Å²) in [6.45, 7) is 3.95. The summed E-state index contributed by atoms with van der Waals surface area (Å²) in [5.74, 6) is -0.629. The van der Waals surface area contributed by atoms with Gasteiger partial charge in [-0.15, -0.1) is 11.3 Å². The van der Waals surface area contributed by atoms with Crippen molar-refractivity contribution < 1.29 is 9.59 Å². The molecule has 92 valence electrons. The smallest absolute Gasteiger partial charge is 0.230 e. The predicted octanol–water partition coefficient (Wildman–Crippen LogP) is 2.20. The van der Waals surface area contributed by atoms with Gasteiger partial charge in [-0.25, -0.2) is 4.98 Å². The van der Waals surface area contributed by atoms with E-state index in [1.807, 2.05) is 13.8 Å². The Labute approximate surface area is 108 Å². The standard InChI is InChI=1S/C11H13ClN2O2S/c1-5(2)9-6(3-8(15)14-10(9)16)11-13-4-7(12)17-11/h4-6,9H,3H2,1-2H3,(H,14,15,16). The quantitative estimate of drug-likeness (QED) is 0.840. The lowest BCUT2D eigenvalue weighted by atomic mass is 9.78. The molecular formula is C11H13ClN2O2S. The van der Waals surface area contributed by atoms with Crippen LogP contribution in [0, 0.1) is 11.8 Å². The topological polar surface area (TPSA) is 59.1 Å². The highest BCUT2D eigenvalue weighted by atomic mass is 35.5. The van der Waals surface area contributed by atoms with Gasteiger partial charge >= 0.3 is 0 Å². The highest BCUT2D eigenvalue weighted by molar-refractivity contribution is 7.15. The molecule has 1 aromatic heterocycles. The van der Waals surface area contributed by atoms with Crippen molar-refractivity contribution in [1.29, 1.82) is 0 Å². The minimum absolute atomic E-state index is 0.145. The normalized spacial score (nSPS) is 25.2. The highest BCUT2D eigenvalue weighted by Gasteiger charge is 2.40. The number of carbonyl (C=O) groups excluding carboxylic acids is 2. The van der Waals surface area contributed by atoms with E-state index in [0.717, 1.165) is 5.01 Å². The van der Waals surface area contributed by atoms with Gasteiger partial charge in [-0.2, -0.15) is 0 Å². The van der Waals surface area contributed by atoms with E-state index in [9.17, 15) is 9.59 Å². The molecule has 0 saturated carbocycles. The highest BCUT2D eigenvalue weighted by Crippen LogP contribution is 2.38. The summed E-state index contributed by atoms with van der Waals surface area (Å²) in [7, 11) is 0. The maximum Gasteiger partial charge on any atom is 0.230 e. The summed E-state index contributed by atoms with van der Waals surface area (Å²) < 4.78 is 0.584. The summed E-state index contributed by atoms with van der Waals surface area (Å²) in [5.41, 5.74) is 0. The van der Waals surface area contributed by atoms with Gasteiger partial charge in [-0.05, 0) is 5.92 Å². The molecule has 17 heavy (non-hydrogen) atoms. The fourth-order valence-electron chi connectivity index (χ4n) is 2.23.